The van der Waals surface area contributed by atoms with Crippen LogP contribution < -0.4 is 10.0 Å². The molecule has 2 aromatic rings. The SMILES string of the molecule is CCN(CC)CCNC(=O)c1ccc(NS(=O)(=O)c2ccc(Cl)cc2)cc1. The van der Waals surface area contributed by atoms with Gasteiger partial charge in [-0.15, -0.1) is 0 Å². The molecular weight excluding hydrogens is 386 g/mol. The molecule has 0 bridgehead atoms. The van der Waals surface area contributed by atoms with E-state index in [1.807, 2.05) is 0 Å². The van der Waals surface area contributed by atoms with Crippen molar-refractivity contribution >= 4 is 33.2 Å². The molecule has 0 unspecified atom stereocenters. The number of nitrogens with one attached hydrogen (secondary N) is 2. The number of amides is 1. The Bertz CT molecular complexity index is 849. The van der Waals surface area contributed by atoms with Crippen molar-refractivity contribution < 1.29 is 13.2 Å². The van der Waals surface area contributed by atoms with Crippen molar-refractivity contribution in [2.75, 3.05) is 30.9 Å². The van der Waals surface area contributed by atoms with Crippen LogP contribution in [0.15, 0.2) is 53.4 Å². The molecule has 27 heavy (non-hydrogen) atoms. The summed E-state index contributed by atoms with van der Waals surface area (Å²) in [5.41, 5.74) is 0.855. The third-order valence-electron chi connectivity index (χ3n) is 4.13. The summed E-state index contributed by atoms with van der Waals surface area (Å²) in [6.07, 6.45) is 0. The van der Waals surface area contributed by atoms with Gasteiger partial charge in [-0.1, -0.05) is 25.4 Å². The summed E-state index contributed by atoms with van der Waals surface area (Å²) >= 11 is 5.78. The Kier molecular flexibility index (Phi) is 7.65. The Balaban J connectivity index is 1.96. The van der Waals surface area contributed by atoms with E-state index in [1.54, 1.807) is 24.3 Å². The number of halogens is 1. The summed E-state index contributed by atoms with van der Waals surface area (Å²) in [6.45, 7) is 7.39. The molecule has 0 aliphatic rings. The molecule has 2 N–H and O–H groups in total. The molecule has 0 heterocycles. The van der Waals surface area contributed by atoms with E-state index >= 15 is 0 Å². The zero-order valence-electron chi connectivity index (χ0n) is 15.4. The van der Waals surface area contributed by atoms with Crippen LogP contribution in [0.5, 0.6) is 0 Å². The van der Waals surface area contributed by atoms with Gasteiger partial charge >= 0.3 is 0 Å². The van der Waals surface area contributed by atoms with Gasteiger partial charge in [-0.3, -0.25) is 9.52 Å². The Morgan fingerprint density at radius 3 is 2.15 bits per heavy atom. The van der Waals surface area contributed by atoms with Crippen LogP contribution >= 0.6 is 11.6 Å². The Labute approximate surface area is 165 Å². The predicted molar refractivity (Wildman–Crippen MR) is 109 cm³/mol. The molecule has 0 fully saturated rings. The summed E-state index contributed by atoms with van der Waals surface area (Å²) < 4.78 is 27.2. The van der Waals surface area contributed by atoms with Gasteiger partial charge < -0.3 is 10.2 Å². The maximum atomic E-state index is 12.4. The molecule has 8 heteroatoms. The standard InChI is InChI=1S/C19H24ClN3O3S/c1-3-23(4-2)14-13-21-19(24)15-5-9-17(10-6-15)22-27(25,26)18-11-7-16(20)8-12-18/h5-12,22H,3-4,13-14H2,1-2H3,(H,21,24). The average Bonchev–Trinajstić information content (AvgIpc) is 2.66. The second kappa shape index (κ2) is 9.73. The molecule has 0 saturated heterocycles. The highest BCUT2D eigenvalue weighted by molar-refractivity contribution is 7.92. The van der Waals surface area contributed by atoms with E-state index in [1.165, 1.54) is 24.3 Å². The summed E-state index contributed by atoms with van der Waals surface area (Å²) in [7, 11) is -3.71. The fraction of sp³-hybridized carbons (Fsp3) is 0.316. The monoisotopic (exact) mass is 409 g/mol. The minimum atomic E-state index is -3.71. The molecule has 2 rings (SSSR count). The lowest BCUT2D eigenvalue weighted by Crippen LogP contribution is -2.34. The summed E-state index contributed by atoms with van der Waals surface area (Å²) in [5, 5.41) is 3.33. The van der Waals surface area contributed by atoms with Crippen molar-refractivity contribution in [1.29, 1.82) is 0 Å². The molecule has 0 aliphatic carbocycles. The van der Waals surface area contributed by atoms with E-state index in [9.17, 15) is 13.2 Å². The van der Waals surface area contributed by atoms with Crippen LogP contribution in [0.4, 0.5) is 5.69 Å². The van der Waals surface area contributed by atoms with E-state index in [4.69, 9.17) is 11.6 Å². The van der Waals surface area contributed by atoms with E-state index in [-0.39, 0.29) is 10.8 Å². The van der Waals surface area contributed by atoms with Crippen molar-refractivity contribution in [2.24, 2.45) is 0 Å². The average molecular weight is 410 g/mol. The predicted octanol–water partition coefficient (Wildman–Crippen LogP) is 3.21. The summed E-state index contributed by atoms with van der Waals surface area (Å²) in [6, 6.07) is 12.2. The van der Waals surface area contributed by atoms with Crippen LogP contribution in [-0.4, -0.2) is 45.4 Å². The number of likely N-dealkylation sites (N-methyl/N-ethyl adjacent to an activating group) is 1. The first-order valence-electron chi connectivity index (χ1n) is 8.74. The van der Waals surface area contributed by atoms with Crippen LogP contribution in [0.2, 0.25) is 5.02 Å². The highest BCUT2D eigenvalue weighted by atomic mass is 35.5. The van der Waals surface area contributed by atoms with Crippen molar-refractivity contribution in [3.05, 3.63) is 59.1 Å². The molecule has 2 aromatic carbocycles. The zero-order valence-corrected chi connectivity index (χ0v) is 17.0. The molecular formula is C19H24ClN3O3S. The smallest absolute Gasteiger partial charge is 0.261 e. The molecule has 0 aromatic heterocycles. The van der Waals surface area contributed by atoms with Crippen LogP contribution in [0.25, 0.3) is 0 Å². The number of anilines is 1. The number of rotatable bonds is 9. The minimum Gasteiger partial charge on any atom is -0.351 e. The molecule has 0 atom stereocenters. The van der Waals surface area contributed by atoms with Crippen LogP contribution in [0.3, 0.4) is 0 Å². The molecule has 6 nitrogen and oxygen atoms in total. The van der Waals surface area contributed by atoms with Gasteiger partial charge in [0, 0.05) is 29.4 Å². The maximum absolute atomic E-state index is 12.4. The van der Waals surface area contributed by atoms with Gasteiger partial charge in [0.2, 0.25) is 0 Å². The van der Waals surface area contributed by atoms with Gasteiger partial charge in [-0.05, 0) is 61.6 Å². The first kappa shape index (κ1) is 21.2. The fourth-order valence-electron chi connectivity index (χ4n) is 2.49. The number of hydrogen-bond acceptors (Lipinski definition) is 4. The fourth-order valence-corrected chi connectivity index (χ4v) is 3.67. The van der Waals surface area contributed by atoms with Crippen molar-refractivity contribution in [1.82, 2.24) is 10.2 Å². The quantitative estimate of drug-likeness (QED) is 0.666. The van der Waals surface area contributed by atoms with E-state index in [0.717, 1.165) is 19.6 Å². The molecule has 1 amide bonds. The molecule has 0 saturated carbocycles. The van der Waals surface area contributed by atoms with Crippen LogP contribution in [-0.2, 0) is 10.0 Å². The van der Waals surface area contributed by atoms with Crippen molar-refractivity contribution in [2.45, 2.75) is 18.7 Å². The summed E-state index contributed by atoms with van der Waals surface area (Å²) in [4.78, 5) is 14.5. The Morgan fingerprint density at radius 1 is 1.00 bits per heavy atom. The summed E-state index contributed by atoms with van der Waals surface area (Å²) in [5.74, 6) is -0.186. The second-order valence-corrected chi connectivity index (χ2v) is 8.04. The second-order valence-electron chi connectivity index (χ2n) is 5.92. The van der Waals surface area contributed by atoms with Crippen LogP contribution in [0.1, 0.15) is 24.2 Å². The number of sulfonamides is 1. The number of hydrogen-bond donors (Lipinski definition) is 2. The van der Waals surface area contributed by atoms with E-state index < -0.39 is 10.0 Å². The lowest BCUT2D eigenvalue weighted by molar-refractivity contribution is 0.0949. The third-order valence-corrected chi connectivity index (χ3v) is 5.78. The maximum Gasteiger partial charge on any atom is 0.261 e. The molecule has 0 aliphatic heterocycles. The normalized spacial score (nSPS) is 11.4. The minimum absolute atomic E-state index is 0.116. The first-order chi connectivity index (χ1) is 12.9. The lowest BCUT2D eigenvalue weighted by Gasteiger charge is -2.18. The number of carbonyl (C=O) groups excluding carboxylic acids is 1. The topological polar surface area (TPSA) is 78.5 Å². The third kappa shape index (κ3) is 6.23. The highest BCUT2D eigenvalue weighted by Crippen LogP contribution is 2.18. The van der Waals surface area contributed by atoms with Gasteiger partial charge in [0.05, 0.1) is 4.90 Å². The van der Waals surface area contributed by atoms with Crippen molar-refractivity contribution in [3.63, 3.8) is 0 Å². The number of carbonyl (C=O) groups is 1. The largest absolute Gasteiger partial charge is 0.351 e. The number of benzene rings is 2. The van der Waals surface area contributed by atoms with Crippen molar-refractivity contribution in [3.8, 4) is 0 Å². The lowest BCUT2D eigenvalue weighted by atomic mass is 10.2. The Hall–Kier alpha value is -2.09. The molecule has 0 radical (unpaired) electrons. The van der Waals surface area contributed by atoms with Gasteiger partial charge in [0.1, 0.15) is 0 Å². The molecule has 0 spiro atoms. The van der Waals surface area contributed by atoms with Gasteiger partial charge in [-0.25, -0.2) is 8.42 Å². The number of nitrogens with zero attached hydrogens (tertiary/aromatic N) is 1. The molecule has 146 valence electrons. The zero-order chi connectivity index (χ0) is 19.9. The van der Waals surface area contributed by atoms with Gasteiger partial charge in [0.25, 0.3) is 15.9 Å². The van der Waals surface area contributed by atoms with Gasteiger partial charge in [0.15, 0.2) is 0 Å². The van der Waals surface area contributed by atoms with E-state index in [2.05, 4.69) is 28.8 Å². The van der Waals surface area contributed by atoms with Crippen LogP contribution in [0, 0.1) is 0 Å². The Morgan fingerprint density at radius 2 is 1.59 bits per heavy atom. The highest BCUT2D eigenvalue weighted by Gasteiger charge is 2.14. The first-order valence-corrected chi connectivity index (χ1v) is 10.6. The van der Waals surface area contributed by atoms with E-state index in [0.29, 0.717) is 22.8 Å². The van der Waals surface area contributed by atoms with Gasteiger partial charge in [-0.2, -0.15) is 0 Å².